The number of hydrogen-bond donors (Lipinski definition) is 1. The predicted octanol–water partition coefficient (Wildman–Crippen LogP) is 2.41. The van der Waals surface area contributed by atoms with E-state index in [0.29, 0.717) is 12.3 Å². The second-order valence-corrected chi connectivity index (χ2v) is 3.88. The molecule has 0 radical (unpaired) electrons. The van der Waals surface area contributed by atoms with E-state index in [1.807, 2.05) is 26.0 Å². The maximum Gasteiger partial charge on any atom is 0.123 e. The summed E-state index contributed by atoms with van der Waals surface area (Å²) in [7, 11) is 0. The number of carbonyl (C=O) groups is 1. The van der Waals surface area contributed by atoms with Crippen molar-refractivity contribution in [1.29, 1.82) is 0 Å². The largest absolute Gasteiger partial charge is 0.508 e. The van der Waals surface area contributed by atoms with Crippen molar-refractivity contribution in [3.63, 3.8) is 0 Å². The highest BCUT2D eigenvalue weighted by Gasteiger charge is 2.14. The van der Waals surface area contributed by atoms with E-state index in [0.717, 1.165) is 11.8 Å². The fourth-order valence-electron chi connectivity index (χ4n) is 1.38. The van der Waals surface area contributed by atoms with Gasteiger partial charge in [-0.15, -0.1) is 0 Å². The van der Waals surface area contributed by atoms with E-state index in [1.165, 1.54) is 0 Å². The number of carbonyl (C=O) groups excluding carboxylic acids is 1. The first-order chi connectivity index (χ1) is 6.65. The summed E-state index contributed by atoms with van der Waals surface area (Å²) in [6.07, 6.45) is 1.59. The zero-order valence-corrected chi connectivity index (χ0v) is 8.60. The molecule has 1 atom stereocenters. The van der Waals surface area contributed by atoms with Crippen LogP contribution >= 0.6 is 0 Å². The number of aromatic hydroxyl groups is 1. The third-order valence-corrected chi connectivity index (χ3v) is 2.48. The third kappa shape index (κ3) is 2.59. The van der Waals surface area contributed by atoms with Gasteiger partial charge in [0.2, 0.25) is 0 Å². The summed E-state index contributed by atoms with van der Waals surface area (Å²) in [5.74, 6) is 0.579. The van der Waals surface area contributed by atoms with E-state index in [1.54, 1.807) is 12.1 Å². The number of phenolic OH excluding ortho intramolecular Hbond substituents is 1. The summed E-state index contributed by atoms with van der Waals surface area (Å²) < 4.78 is 0. The fraction of sp³-hybridized carbons (Fsp3) is 0.417. The van der Waals surface area contributed by atoms with Crippen molar-refractivity contribution in [3.05, 3.63) is 29.8 Å². The van der Waals surface area contributed by atoms with Crippen LogP contribution in [-0.2, 0) is 11.2 Å². The van der Waals surface area contributed by atoms with Gasteiger partial charge in [0.25, 0.3) is 0 Å². The van der Waals surface area contributed by atoms with Crippen LogP contribution in [0.15, 0.2) is 24.3 Å². The monoisotopic (exact) mass is 192 g/mol. The van der Waals surface area contributed by atoms with Crippen LogP contribution in [0.1, 0.15) is 19.4 Å². The molecule has 1 N–H and O–H groups in total. The van der Waals surface area contributed by atoms with Crippen molar-refractivity contribution >= 4 is 6.29 Å². The van der Waals surface area contributed by atoms with Crippen molar-refractivity contribution < 1.29 is 9.90 Å². The Morgan fingerprint density at radius 3 is 2.50 bits per heavy atom. The van der Waals surface area contributed by atoms with Gasteiger partial charge < -0.3 is 9.90 Å². The van der Waals surface area contributed by atoms with Gasteiger partial charge in [0.05, 0.1) is 0 Å². The molecule has 76 valence electrons. The van der Waals surface area contributed by atoms with Gasteiger partial charge in [0, 0.05) is 5.92 Å². The second kappa shape index (κ2) is 4.80. The molecule has 14 heavy (non-hydrogen) atoms. The maximum atomic E-state index is 10.8. The van der Waals surface area contributed by atoms with Crippen LogP contribution in [0, 0.1) is 11.8 Å². The number of aldehydes is 1. The zero-order chi connectivity index (χ0) is 10.6. The van der Waals surface area contributed by atoms with Crippen molar-refractivity contribution in [2.75, 3.05) is 0 Å². The lowest BCUT2D eigenvalue weighted by molar-refractivity contribution is -0.112. The van der Waals surface area contributed by atoms with Crippen molar-refractivity contribution in [1.82, 2.24) is 0 Å². The Kier molecular flexibility index (Phi) is 3.69. The highest BCUT2D eigenvalue weighted by atomic mass is 16.3. The smallest absolute Gasteiger partial charge is 0.123 e. The summed E-state index contributed by atoms with van der Waals surface area (Å²) in [5, 5.41) is 9.52. The Labute approximate surface area is 84.6 Å². The van der Waals surface area contributed by atoms with Crippen molar-refractivity contribution in [3.8, 4) is 5.75 Å². The van der Waals surface area contributed by atoms with Gasteiger partial charge in [-0.2, -0.15) is 0 Å². The Hall–Kier alpha value is -1.31. The molecule has 0 fully saturated rings. The molecule has 2 heteroatoms. The Morgan fingerprint density at radius 1 is 1.36 bits per heavy atom. The van der Waals surface area contributed by atoms with Crippen LogP contribution in [0.25, 0.3) is 0 Å². The molecule has 0 aliphatic rings. The first kappa shape index (κ1) is 10.8. The molecule has 0 aliphatic heterocycles. The van der Waals surface area contributed by atoms with Gasteiger partial charge in [-0.25, -0.2) is 0 Å². The van der Waals surface area contributed by atoms with E-state index >= 15 is 0 Å². The quantitative estimate of drug-likeness (QED) is 0.744. The highest BCUT2D eigenvalue weighted by molar-refractivity contribution is 5.55. The minimum atomic E-state index is -0.0108. The lowest BCUT2D eigenvalue weighted by Crippen LogP contribution is -2.13. The van der Waals surface area contributed by atoms with Crippen LogP contribution in [0.4, 0.5) is 0 Å². The standard InChI is InChI=1S/C12H16O2/c1-9(2)11(8-13)7-10-5-3-4-6-12(10)14/h3-6,8-9,11,14H,7H2,1-2H3. The molecule has 0 heterocycles. The zero-order valence-electron chi connectivity index (χ0n) is 8.60. The highest BCUT2D eigenvalue weighted by Crippen LogP contribution is 2.22. The number of phenols is 1. The predicted molar refractivity (Wildman–Crippen MR) is 56.2 cm³/mol. The molecule has 0 bridgehead atoms. The number of benzene rings is 1. The molecule has 1 unspecified atom stereocenters. The molecule has 0 amide bonds. The van der Waals surface area contributed by atoms with Gasteiger partial charge in [0.15, 0.2) is 0 Å². The van der Waals surface area contributed by atoms with E-state index in [2.05, 4.69) is 0 Å². The van der Waals surface area contributed by atoms with Crippen LogP contribution in [0.5, 0.6) is 5.75 Å². The number of rotatable bonds is 4. The second-order valence-electron chi connectivity index (χ2n) is 3.88. The van der Waals surface area contributed by atoms with Gasteiger partial charge >= 0.3 is 0 Å². The first-order valence-corrected chi connectivity index (χ1v) is 4.87. The minimum absolute atomic E-state index is 0.0108. The average molecular weight is 192 g/mol. The first-order valence-electron chi connectivity index (χ1n) is 4.87. The number of para-hydroxylation sites is 1. The molecule has 0 saturated heterocycles. The summed E-state index contributed by atoms with van der Waals surface area (Å²) >= 11 is 0. The molecular formula is C12H16O2. The van der Waals surface area contributed by atoms with E-state index < -0.39 is 0 Å². The van der Waals surface area contributed by atoms with Crippen molar-refractivity contribution in [2.24, 2.45) is 11.8 Å². The summed E-state index contributed by atoms with van der Waals surface area (Å²) in [4.78, 5) is 10.8. The summed E-state index contributed by atoms with van der Waals surface area (Å²) in [5.41, 5.74) is 0.846. The normalized spacial score (nSPS) is 12.8. The molecule has 0 spiro atoms. The van der Waals surface area contributed by atoms with Crippen LogP contribution in [0.3, 0.4) is 0 Å². The summed E-state index contributed by atoms with van der Waals surface area (Å²) in [6.45, 7) is 4.03. The lowest BCUT2D eigenvalue weighted by Gasteiger charge is -2.14. The summed E-state index contributed by atoms with van der Waals surface area (Å²) in [6, 6.07) is 7.16. The number of hydrogen-bond acceptors (Lipinski definition) is 2. The van der Waals surface area contributed by atoms with Crippen LogP contribution in [0.2, 0.25) is 0 Å². The molecule has 0 aliphatic carbocycles. The van der Waals surface area contributed by atoms with Crippen molar-refractivity contribution in [2.45, 2.75) is 20.3 Å². The van der Waals surface area contributed by atoms with E-state index in [-0.39, 0.29) is 11.7 Å². The minimum Gasteiger partial charge on any atom is -0.508 e. The van der Waals surface area contributed by atoms with Gasteiger partial charge in [-0.05, 0) is 24.0 Å². The molecule has 0 aromatic heterocycles. The Balaban J connectivity index is 2.77. The van der Waals surface area contributed by atoms with Gasteiger partial charge in [-0.3, -0.25) is 0 Å². The van der Waals surface area contributed by atoms with Crippen LogP contribution < -0.4 is 0 Å². The third-order valence-electron chi connectivity index (χ3n) is 2.48. The molecule has 1 rings (SSSR count). The molecule has 0 saturated carbocycles. The van der Waals surface area contributed by atoms with Gasteiger partial charge in [0.1, 0.15) is 12.0 Å². The van der Waals surface area contributed by atoms with E-state index in [9.17, 15) is 9.90 Å². The van der Waals surface area contributed by atoms with Gasteiger partial charge in [-0.1, -0.05) is 32.0 Å². The Morgan fingerprint density at radius 2 is 2.00 bits per heavy atom. The SMILES string of the molecule is CC(C)C(C=O)Cc1ccccc1O. The molecule has 1 aromatic rings. The lowest BCUT2D eigenvalue weighted by atomic mass is 9.90. The maximum absolute atomic E-state index is 10.8. The molecule has 1 aromatic carbocycles. The van der Waals surface area contributed by atoms with E-state index in [4.69, 9.17) is 0 Å². The molecular weight excluding hydrogens is 176 g/mol. The Bertz CT molecular complexity index is 305. The topological polar surface area (TPSA) is 37.3 Å². The average Bonchev–Trinajstić information content (AvgIpc) is 2.16. The van der Waals surface area contributed by atoms with Crippen LogP contribution in [-0.4, -0.2) is 11.4 Å². The fourth-order valence-corrected chi connectivity index (χ4v) is 1.38. The molecule has 2 nitrogen and oxygen atoms in total.